The molecule has 15 nitrogen and oxygen atoms in total. The van der Waals surface area contributed by atoms with Crippen molar-refractivity contribution in [2.75, 3.05) is 23.2 Å². The van der Waals surface area contributed by atoms with Gasteiger partial charge >= 0.3 is 5.97 Å². The molecule has 0 aliphatic carbocycles. The molecule has 17 heteroatoms. The Hall–Kier alpha value is -4.29. The molecule has 1 aliphatic rings. The van der Waals surface area contributed by atoms with Crippen LogP contribution in [0, 0.1) is 0 Å². The number of carboxylic acid groups (broad SMARTS) is 1. The number of carbonyl (C=O) groups is 2. The number of phenolic OH excluding ortho intramolecular Hbond substituents is 1. The van der Waals surface area contributed by atoms with Crippen molar-refractivity contribution in [3.8, 4) is 5.75 Å². The molecule has 0 saturated heterocycles. The number of hydrazone groups is 1. The van der Waals surface area contributed by atoms with Crippen LogP contribution in [0.3, 0.4) is 0 Å². The van der Waals surface area contributed by atoms with Gasteiger partial charge in [0.15, 0.2) is 11.8 Å². The Kier molecular flexibility index (Phi) is 6.50. The van der Waals surface area contributed by atoms with Crippen LogP contribution < -0.4 is 16.2 Å². The highest BCUT2D eigenvalue weighted by Gasteiger charge is 2.43. The average Bonchev–Trinajstić information content (AvgIpc) is 3.17. The molecule has 38 heavy (non-hydrogen) atoms. The summed E-state index contributed by atoms with van der Waals surface area (Å²) in [7, 11) is -7.90. The molecule has 3 aromatic carbocycles. The normalized spacial score (nSPS) is 16.2. The van der Waals surface area contributed by atoms with Crippen molar-refractivity contribution in [1.82, 2.24) is 5.01 Å². The lowest BCUT2D eigenvalue weighted by Crippen LogP contribution is -2.49. The van der Waals surface area contributed by atoms with Gasteiger partial charge in [-0.3, -0.25) is 13.9 Å². The molecule has 0 bridgehead atoms. The molecule has 1 unspecified atom stereocenters. The van der Waals surface area contributed by atoms with Crippen LogP contribution >= 0.6 is 0 Å². The number of nitrogens with one attached hydrogen (secondary N) is 1. The van der Waals surface area contributed by atoms with Gasteiger partial charge in [-0.15, -0.1) is 0 Å². The van der Waals surface area contributed by atoms with Crippen molar-refractivity contribution >= 4 is 65.7 Å². The Morgan fingerprint density at radius 1 is 1.05 bits per heavy atom. The lowest BCUT2D eigenvalue weighted by atomic mass is 10.1. The van der Waals surface area contributed by atoms with Gasteiger partial charge in [0.2, 0.25) is 0 Å². The monoisotopic (exact) mass is 565 g/mol. The van der Waals surface area contributed by atoms with E-state index in [-0.39, 0.29) is 22.1 Å². The fraction of sp³-hybridized carbons (Fsp3) is 0.0952. The summed E-state index contributed by atoms with van der Waals surface area (Å²) in [5, 5.41) is 26.0. The fourth-order valence-corrected chi connectivity index (χ4v) is 4.96. The highest BCUT2D eigenvalue weighted by molar-refractivity contribution is 7.86. The number of fused-ring (bicyclic) bond motifs is 1. The molecule has 1 heterocycles. The molecule has 1 amide bonds. The minimum Gasteiger partial charge on any atom is -0.505 e. The Bertz CT molecular complexity index is 1740. The van der Waals surface area contributed by atoms with E-state index in [0.717, 1.165) is 40.3 Å². The van der Waals surface area contributed by atoms with Gasteiger partial charge in [-0.05, 0) is 53.9 Å². The van der Waals surface area contributed by atoms with Crippen molar-refractivity contribution in [2.45, 2.75) is 15.8 Å². The number of likely N-dealkylation sites (N-methyl/N-ethyl adjacent to an activating group) is 1. The van der Waals surface area contributed by atoms with Crippen LogP contribution in [0.15, 0.2) is 63.4 Å². The van der Waals surface area contributed by atoms with Crippen molar-refractivity contribution in [3.63, 3.8) is 0 Å². The van der Waals surface area contributed by atoms with E-state index in [0.29, 0.717) is 0 Å². The molecular weight excluding hydrogens is 546 g/mol. The number of amides is 1. The number of rotatable bonds is 7. The van der Waals surface area contributed by atoms with Gasteiger partial charge in [0.05, 0.1) is 16.3 Å². The molecule has 4 rings (SSSR count). The minimum atomic E-state index is -4.76. The second kappa shape index (κ2) is 9.23. The Morgan fingerprint density at radius 2 is 1.68 bits per heavy atom. The van der Waals surface area contributed by atoms with Crippen molar-refractivity contribution in [3.05, 3.63) is 48.5 Å². The first-order valence-corrected chi connectivity index (χ1v) is 13.2. The van der Waals surface area contributed by atoms with Crippen LogP contribution in [0.5, 0.6) is 5.75 Å². The second-order valence-electron chi connectivity index (χ2n) is 8.08. The summed E-state index contributed by atoms with van der Waals surface area (Å²) in [6.07, 6.45) is 0. The molecule has 3 aromatic rings. The van der Waals surface area contributed by atoms with Gasteiger partial charge < -0.3 is 21.4 Å². The summed E-state index contributed by atoms with van der Waals surface area (Å²) in [6.45, 7) is 0. The molecule has 0 aromatic heterocycles. The first kappa shape index (κ1) is 26.8. The summed E-state index contributed by atoms with van der Waals surface area (Å²) >= 11 is 0. The zero-order valence-corrected chi connectivity index (χ0v) is 20.8. The Balaban J connectivity index is 1.66. The lowest BCUT2D eigenvalue weighted by molar-refractivity contribution is -0.130. The maximum atomic E-state index is 13.1. The average molecular weight is 566 g/mol. The molecule has 0 fully saturated rings. The quantitative estimate of drug-likeness (QED) is 0.100. The van der Waals surface area contributed by atoms with Gasteiger partial charge in [-0.25, -0.2) is 9.80 Å². The van der Waals surface area contributed by atoms with Gasteiger partial charge in [-0.2, -0.15) is 26.9 Å². The molecular formula is C21H19N5O10S2. The van der Waals surface area contributed by atoms with E-state index >= 15 is 0 Å². The van der Waals surface area contributed by atoms with Crippen LogP contribution in [0.4, 0.5) is 17.1 Å². The number of nitrogens with zero attached hydrogens (tertiary/aromatic N) is 3. The Labute approximate surface area is 214 Å². The standard InChI is InChI=1S/C21H19N5O10S2/c1-25(23-11-2-7-14-10(8-11)9-15(38(34,35)36)16(22)19(14)27)18-17(21(29)30)24-26(20(18)28)12-3-5-13(6-4-12)37(31,32)33/h2-9,18,23,27H,22H2,1H3,(H,29,30)(H,31,32,33)(H,34,35,36). The van der Waals surface area contributed by atoms with E-state index in [1.54, 1.807) is 0 Å². The van der Waals surface area contributed by atoms with E-state index in [1.165, 1.54) is 25.2 Å². The van der Waals surface area contributed by atoms with Gasteiger partial charge in [0.25, 0.3) is 26.1 Å². The molecule has 0 saturated carbocycles. The first-order chi connectivity index (χ1) is 17.6. The maximum Gasteiger partial charge on any atom is 0.354 e. The molecule has 1 atom stereocenters. The maximum absolute atomic E-state index is 13.1. The number of carbonyl (C=O) groups excluding carboxylic acids is 1. The van der Waals surface area contributed by atoms with E-state index in [1.807, 2.05) is 0 Å². The molecule has 200 valence electrons. The highest BCUT2D eigenvalue weighted by Crippen LogP contribution is 2.37. The summed E-state index contributed by atoms with van der Waals surface area (Å²) in [6, 6.07) is 8.11. The van der Waals surface area contributed by atoms with Crippen LogP contribution in [0.1, 0.15) is 0 Å². The Morgan fingerprint density at radius 3 is 2.24 bits per heavy atom. The number of carboxylic acids is 1. The first-order valence-electron chi connectivity index (χ1n) is 10.3. The number of aliphatic carboxylic acids is 1. The predicted octanol–water partition coefficient (Wildman–Crippen LogP) is 0.736. The molecule has 1 aliphatic heterocycles. The second-order valence-corrected chi connectivity index (χ2v) is 10.9. The van der Waals surface area contributed by atoms with Gasteiger partial charge in [0, 0.05) is 18.1 Å². The third-order valence-corrected chi connectivity index (χ3v) is 7.35. The van der Waals surface area contributed by atoms with E-state index in [9.17, 15) is 41.2 Å². The third kappa shape index (κ3) is 4.83. The van der Waals surface area contributed by atoms with Crippen LogP contribution in [0.2, 0.25) is 0 Å². The number of phenols is 1. The van der Waals surface area contributed by atoms with Gasteiger partial charge in [-0.1, -0.05) is 0 Å². The number of benzene rings is 3. The van der Waals surface area contributed by atoms with Crippen molar-refractivity contribution < 1.29 is 45.7 Å². The fourth-order valence-electron chi connectivity index (χ4n) is 3.83. The van der Waals surface area contributed by atoms with E-state index < -0.39 is 65.1 Å². The SMILES string of the molecule is CN(Nc1ccc2c(O)c(N)c(S(=O)(=O)O)cc2c1)C1C(=O)N(c2ccc(S(=O)(=O)O)cc2)N=C1C(=O)O. The zero-order chi connectivity index (χ0) is 28.2. The summed E-state index contributed by atoms with van der Waals surface area (Å²) in [5.41, 5.74) is 7.57. The van der Waals surface area contributed by atoms with E-state index in [2.05, 4.69) is 10.5 Å². The van der Waals surface area contributed by atoms with Crippen LogP contribution in [-0.2, 0) is 29.8 Å². The minimum absolute atomic E-state index is 0.0357. The smallest absolute Gasteiger partial charge is 0.354 e. The number of nitrogen functional groups attached to an aromatic ring is 1. The van der Waals surface area contributed by atoms with Crippen molar-refractivity contribution in [1.29, 1.82) is 0 Å². The number of aromatic hydroxyl groups is 1. The molecule has 0 spiro atoms. The number of hydrogen-bond acceptors (Lipinski definition) is 11. The largest absolute Gasteiger partial charge is 0.505 e. The predicted molar refractivity (Wildman–Crippen MR) is 134 cm³/mol. The topological polar surface area (TPSA) is 240 Å². The van der Waals surface area contributed by atoms with Crippen LogP contribution in [0.25, 0.3) is 10.8 Å². The number of nitrogens with two attached hydrogens (primary N) is 1. The number of hydrazine groups is 1. The zero-order valence-electron chi connectivity index (χ0n) is 19.2. The molecule has 7 N–H and O–H groups in total. The summed E-state index contributed by atoms with van der Waals surface area (Å²) in [5.74, 6) is -2.89. The highest BCUT2D eigenvalue weighted by atomic mass is 32.2. The third-order valence-electron chi connectivity index (χ3n) is 5.59. The van der Waals surface area contributed by atoms with Crippen LogP contribution in [-0.4, -0.2) is 71.8 Å². The summed E-state index contributed by atoms with van der Waals surface area (Å²) < 4.78 is 64.3. The number of hydrogen-bond donors (Lipinski definition) is 6. The summed E-state index contributed by atoms with van der Waals surface area (Å²) in [4.78, 5) is 23.8. The van der Waals surface area contributed by atoms with Crippen molar-refractivity contribution in [2.24, 2.45) is 5.10 Å². The van der Waals surface area contributed by atoms with Gasteiger partial charge in [0.1, 0.15) is 10.6 Å². The number of anilines is 3. The lowest BCUT2D eigenvalue weighted by Gasteiger charge is -2.25. The molecule has 0 radical (unpaired) electrons. The van der Waals surface area contributed by atoms with E-state index in [4.69, 9.17) is 10.3 Å².